The monoisotopic (exact) mass is 234 g/mol. The van der Waals surface area contributed by atoms with Crippen LogP contribution in [0.5, 0.6) is 0 Å². The van der Waals surface area contributed by atoms with Gasteiger partial charge in [-0.1, -0.05) is 13.0 Å². The summed E-state index contributed by atoms with van der Waals surface area (Å²) in [5, 5.41) is 3.37. The second-order valence-corrected chi connectivity index (χ2v) is 4.49. The Kier molecular flexibility index (Phi) is 4.40. The molecule has 0 unspecified atom stereocenters. The van der Waals surface area contributed by atoms with Crippen LogP contribution in [0.3, 0.4) is 0 Å². The number of nitrogens with one attached hydrogen (secondary N) is 1. The molecule has 0 saturated carbocycles. The molecule has 0 aliphatic carbocycles. The zero-order valence-corrected chi connectivity index (χ0v) is 10.8. The molecule has 1 N–H and O–H groups in total. The van der Waals surface area contributed by atoms with Gasteiger partial charge in [-0.25, -0.2) is 0 Å². The average molecular weight is 234 g/mol. The number of hydrogen-bond acceptors (Lipinski definition) is 3. The van der Waals surface area contributed by atoms with Gasteiger partial charge in [0.1, 0.15) is 0 Å². The average Bonchev–Trinajstić information content (AvgIpc) is 2.38. The highest BCUT2D eigenvalue weighted by Crippen LogP contribution is 2.20. The first kappa shape index (κ1) is 12.4. The topological polar surface area (TPSA) is 24.5 Å². The predicted molar refractivity (Wildman–Crippen MR) is 71.6 cm³/mol. The van der Waals surface area contributed by atoms with E-state index in [1.165, 1.54) is 16.8 Å². The Morgan fingerprint density at radius 3 is 2.71 bits per heavy atom. The van der Waals surface area contributed by atoms with Gasteiger partial charge in [0, 0.05) is 25.3 Å². The minimum Gasteiger partial charge on any atom is -0.378 e. The van der Waals surface area contributed by atoms with Crippen molar-refractivity contribution >= 4 is 5.69 Å². The van der Waals surface area contributed by atoms with Crippen molar-refractivity contribution in [1.82, 2.24) is 5.32 Å². The van der Waals surface area contributed by atoms with Crippen molar-refractivity contribution in [2.24, 2.45) is 0 Å². The summed E-state index contributed by atoms with van der Waals surface area (Å²) in [6.45, 7) is 10.0. The standard InChI is InChI=1S/C14H22N2O/c1-3-15-11-13-4-5-14(10-12(13)2)16-6-8-17-9-7-16/h4-5,10,15H,3,6-9,11H2,1-2H3. The van der Waals surface area contributed by atoms with Gasteiger partial charge in [0.25, 0.3) is 0 Å². The predicted octanol–water partition coefficient (Wildman–Crippen LogP) is 1.94. The first-order valence-corrected chi connectivity index (χ1v) is 6.44. The summed E-state index contributed by atoms with van der Waals surface area (Å²) in [4.78, 5) is 2.40. The van der Waals surface area contributed by atoms with Crippen molar-refractivity contribution in [3.05, 3.63) is 29.3 Å². The third-order valence-electron chi connectivity index (χ3n) is 3.27. The fourth-order valence-electron chi connectivity index (χ4n) is 2.16. The van der Waals surface area contributed by atoms with Crippen LogP contribution in [0, 0.1) is 6.92 Å². The van der Waals surface area contributed by atoms with Crippen LogP contribution < -0.4 is 10.2 Å². The SMILES string of the molecule is CCNCc1ccc(N2CCOCC2)cc1C. The molecule has 0 amide bonds. The lowest BCUT2D eigenvalue weighted by atomic mass is 10.1. The number of ether oxygens (including phenoxy) is 1. The second-order valence-electron chi connectivity index (χ2n) is 4.49. The fourth-order valence-corrected chi connectivity index (χ4v) is 2.16. The maximum atomic E-state index is 5.38. The Morgan fingerprint density at radius 1 is 1.29 bits per heavy atom. The molecule has 0 atom stereocenters. The summed E-state index contributed by atoms with van der Waals surface area (Å²) in [5.74, 6) is 0. The number of nitrogens with zero attached hydrogens (tertiary/aromatic N) is 1. The van der Waals surface area contributed by atoms with Crippen LogP contribution in [0.25, 0.3) is 0 Å². The van der Waals surface area contributed by atoms with E-state index in [4.69, 9.17) is 4.74 Å². The van der Waals surface area contributed by atoms with Crippen LogP contribution in [0.1, 0.15) is 18.1 Å². The summed E-state index contributed by atoms with van der Waals surface area (Å²) < 4.78 is 5.38. The van der Waals surface area contributed by atoms with E-state index < -0.39 is 0 Å². The molecule has 94 valence electrons. The summed E-state index contributed by atoms with van der Waals surface area (Å²) in [6.07, 6.45) is 0. The molecular weight excluding hydrogens is 212 g/mol. The lowest BCUT2D eigenvalue weighted by Gasteiger charge is -2.29. The Hall–Kier alpha value is -1.06. The molecule has 1 aromatic rings. The summed E-state index contributed by atoms with van der Waals surface area (Å²) in [7, 11) is 0. The number of aryl methyl sites for hydroxylation is 1. The number of morpholine rings is 1. The summed E-state index contributed by atoms with van der Waals surface area (Å²) in [6, 6.07) is 6.76. The van der Waals surface area contributed by atoms with Gasteiger partial charge in [-0.2, -0.15) is 0 Å². The second kappa shape index (κ2) is 6.03. The van der Waals surface area contributed by atoms with Crippen LogP contribution in [0.15, 0.2) is 18.2 Å². The molecule has 1 fully saturated rings. The first-order chi connectivity index (χ1) is 8.31. The molecule has 17 heavy (non-hydrogen) atoms. The van der Waals surface area contributed by atoms with Crippen molar-refractivity contribution in [2.45, 2.75) is 20.4 Å². The van der Waals surface area contributed by atoms with Crippen LogP contribution in [0.2, 0.25) is 0 Å². The highest BCUT2D eigenvalue weighted by Gasteiger charge is 2.11. The van der Waals surface area contributed by atoms with E-state index >= 15 is 0 Å². The molecule has 0 bridgehead atoms. The Balaban J connectivity index is 2.06. The summed E-state index contributed by atoms with van der Waals surface area (Å²) in [5.41, 5.74) is 4.09. The van der Waals surface area contributed by atoms with Crippen LogP contribution in [-0.4, -0.2) is 32.8 Å². The molecule has 2 rings (SSSR count). The van der Waals surface area contributed by atoms with E-state index in [-0.39, 0.29) is 0 Å². The molecule has 3 nitrogen and oxygen atoms in total. The van der Waals surface area contributed by atoms with Crippen LogP contribution in [-0.2, 0) is 11.3 Å². The van der Waals surface area contributed by atoms with E-state index in [9.17, 15) is 0 Å². The van der Waals surface area contributed by atoms with Crippen molar-refractivity contribution in [3.8, 4) is 0 Å². The highest BCUT2D eigenvalue weighted by atomic mass is 16.5. The van der Waals surface area contributed by atoms with E-state index in [0.717, 1.165) is 39.4 Å². The molecule has 1 aliphatic heterocycles. The van der Waals surface area contributed by atoms with Crippen molar-refractivity contribution < 1.29 is 4.74 Å². The van der Waals surface area contributed by atoms with E-state index in [2.05, 4.69) is 42.3 Å². The van der Waals surface area contributed by atoms with Crippen molar-refractivity contribution in [1.29, 1.82) is 0 Å². The lowest BCUT2D eigenvalue weighted by Crippen LogP contribution is -2.36. The van der Waals surface area contributed by atoms with Gasteiger partial charge in [-0.3, -0.25) is 0 Å². The van der Waals surface area contributed by atoms with Gasteiger partial charge in [-0.05, 0) is 36.7 Å². The largest absolute Gasteiger partial charge is 0.378 e. The fraction of sp³-hybridized carbons (Fsp3) is 0.571. The van der Waals surface area contributed by atoms with E-state index in [1.807, 2.05) is 0 Å². The van der Waals surface area contributed by atoms with Gasteiger partial charge < -0.3 is 15.0 Å². The molecular formula is C14H22N2O. The molecule has 1 aliphatic rings. The van der Waals surface area contributed by atoms with Gasteiger partial charge >= 0.3 is 0 Å². The molecule has 1 saturated heterocycles. The Bertz CT molecular complexity index is 359. The Labute approximate surface area is 104 Å². The maximum Gasteiger partial charge on any atom is 0.0642 e. The van der Waals surface area contributed by atoms with Gasteiger partial charge in [-0.15, -0.1) is 0 Å². The smallest absolute Gasteiger partial charge is 0.0642 e. The quantitative estimate of drug-likeness (QED) is 0.861. The molecule has 0 radical (unpaired) electrons. The molecule has 0 aromatic heterocycles. The van der Waals surface area contributed by atoms with Crippen molar-refractivity contribution in [2.75, 3.05) is 37.7 Å². The van der Waals surface area contributed by atoms with Gasteiger partial charge in [0.2, 0.25) is 0 Å². The van der Waals surface area contributed by atoms with Crippen LogP contribution >= 0.6 is 0 Å². The molecule has 3 heteroatoms. The van der Waals surface area contributed by atoms with E-state index in [1.54, 1.807) is 0 Å². The normalized spacial score (nSPS) is 16.2. The molecule has 1 aromatic carbocycles. The number of benzene rings is 1. The number of anilines is 1. The third-order valence-corrected chi connectivity index (χ3v) is 3.27. The zero-order valence-electron chi connectivity index (χ0n) is 10.8. The molecule has 1 heterocycles. The maximum absolute atomic E-state index is 5.38. The lowest BCUT2D eigenvalue weighted by molar-refractivity contribution is 0.122. The van der Waals surface area contributed by atoms with Crippen LogP contribution in [0.4, 0.5) is 5.69 Å². The Morgan fingerprint density at radius 2 is 2.06 bits per heavy atom. The zero-order chi connectivity index (χ0) is 12.1. The number of hydrogen-bond donors (Lipinski definition) is 1. The first-order valence-electron chi connectivity index (χ1n) is 6.44. The summed E-state index contributed by atoms with van der Waals surface area (Å²) >= 11 is 0. The van der Waals surface area contributed by atoms with Crippen molar-refractivity contribution in [3.63, 3.8) is 0 Å². The third kappa shape index (κ3) is 3.20. The molecule has 0 spiro atoms. The highest BCUT2D eigenvalue weighted by molar-refractivity contribution is 5.51. The minimum absolute atomic E-state index is 0.845. The van der Waals surface area contributed by atoms with Gasteiger partial charge in [0.05, 0.1) is 13.2 Å². The van der Waals surface area contributed by atoms with E-state index in [0.29, 0.717) is 0 Å². The minimum atomic E-state index is 0.845. The number of rotatable bonds is 4. The van der Waals surface area contributed by atoms with Gasteiger partial charge in [0.15, 0.2) is 0 Å².